The van der Waals surface area contributed by atoms with E-state index in [1.54, 1.807) is 23.1 Å². The van der Waals surface area contributed by atoms with Crippen LogP contribution in [0.25, 0.3) is 0 Å². The van der Waals surface area contributed by atoms with Crippen LogP contribution in [-0.4, -0.2) is 29.9 Å². The number of hydrogen-bond acceptors (Lipinski definition) is 3. The van der Waals surface area contributed by atoms with Crippen LogP contribution in [0.1, 0.15) is 12.0 Å². The van der Waals surface area contributed by atoms with Crippen molar-refractivity contribution in [2.75, 3.05) is 13.2 Å². The minimum absolute atomic E-state index is 0.100. The Bertz CT molecular complexity index is 740. The first-order valence-corrected chi connectivity index (χ1v) is 8.80. The summed E-state index contributed by atoms with van der Waals surface area (Å²) in [6, 6.07) is 14.6. The van der Waals surface area contributed by atoms with Crippen molar-refractivity contribution < 1.29 is 14.3 Å². The first-order valence-electron chi connectivity index (χ1n) is 7.63. The zero-order valence-corrected chi connectivity index (χ0v) is 15.8. The van der Waals surface area contributed by atoms with Gasteiger partial charge in [-0.3, -0.25) is 9.59 Å². The first-order chi connectivity index (χ1) is 12.0. The molecule has 25 heavy (non-hydrogen) atoms. The lowest BCUT2D eigenvalue weighted by atomic mass is 10.2. The Morgan fingerprint density at radius 2 is 1.88 bits per heavy atom. The van der Waals surface area contributed by atoms with Crippen molar-refractivity contribution in [2.24, 2.45) is 5.73 Å². The van der Waals surface area contributed by atoms with E-state index in [4.69, 9.17) is 22.1 Å². The summed E-state index contributed by atoms with van der Waals surface area (Å²) in [4.78, 5) is 25.1. The predicted octanol–water partition coefficient (Wildman–Crippen LogP) is 3.39. The Morgan fingerprint density at radius 3 is 2.52 bits per heavy atom. The molecule has 0 atom stereocenters. The molecule has 2 aromatic rings. The molecule has 132 valence electrons. The van der Waals surface area contributed by atoms with Crippen LogP contribution < -0.4 is 10.5 Å². The van der Waals surface area contributed by atoms with Gasteiger partial charge < -0.3 is 15.4 Å². The maximum atomic E-state index is 12.5. The summed E-state index contributed by atoms with van der Waals surface area (Å²) in [6.07, 6.45) is 0.100. The van der Waals surface area contributed by atoms with Crippen molar-refractivity contribution in [2.45, 2.75) is 13.0 Å². The number of nitrogens with two attached hydrogens (primary N) is 1. The molecule has 0 aliphatic carbocycles. The number of amides is 2. The number of benzene rings is 2. The summed E-state index contributed by atoms with van der Waals surface area (Å²) < 4.78 is 6.23. The summed E-state index contributed by atoms with van der Waals surface area (Å²) in [5.74, 6) is -0.161. The third-order valence-electron chi connectivity index (χ3n) is 3.44. The summed E-state index contributed by atoms with van der Waals surface area (Å²) >= 11 is 9.23. The van der Waals surface area contributed by atoms with E-state index in [2.05, 4.69) is 15.9 Å². The van der Waals surface area contributed by atoms with Gasteiger partial charge in [-0.2, -0.15) is 0 Å². The Morgan fingerprint density at radius 1 is 1.16 bits per heavy atom. The quantitative estimate of drug-likeness (QED) is 0.704. The Hall–Kier alpha value is -2.05. The fourth-order valence-corrected chi connectivity index (χ4v) is 2.96. The van der Waals surface area contributed by atoms with Gasteiger partial charge >= 0.3 is 0 Å². The second-order valence-corrected chi connectivity index (χ2v) is 6.67. The third-order valence-corrected chi connectivity index (χ3v) is 4.30. The van der Waals surface area contributed by atoms with Gasteiger partial charge in [0.25, 0.3) is 5.91 Å². The van der Waals surface area contributed by atoms with Crippen LogP contribution in [0.3, 0.4) is 0 Å². The summed E-state index contributed by atoms with van der Waals surface area (Å²) in [7, 11) is 0. The maximum absolute atomic E-state index is 12.5. The number of carbonyl (C=O) groups excluding carboxylic acids is 2. The molecular weight excluding hydrogens is 408 g/mol. The Labute approximate surface area is 159 Å². The van der Waals surface area contributed by atoms with E-state index in [-0.39, 0.29) is 25.5 Å². The second-order valence-electron chi connectivity index (χ2n) is 5.38. The summed E-state index contributed by atoms with van der Waals surface area (Å²) in [5.41, 5.74) is 6.17. The SMILES string of the molecule is NC(=O)CCN(Cc1ccccc1)C(=O)COc1ccc(Cl)cc1Br. The molecule has 7 heteroatoms. The van der Waals surface area contributed by atoms with Gasteiger partial charge in [-0.05, 0) is 39.7 Å². The van der Waals surface area contributed by atoms with Crippen LogP contribution in [0.5, 0.6) is 5.75 Å². The van der Waals surface area contributed by atoms with Gasteiger partial charge in [0.1, 0.15) is 5.75 Å². The largest absolute Gasteiger partial charge is 0.483 e. The molecule has 0 aromatic heterocycles. The predicted molar refractivity (Wildman–Crippen MR) is 100 cm³/mol. The van der Waals surface area contributed by atoms with Gasteiger partial charge in [0.05, 0.1) is 4.47 Å². The molecule has 0 bridgehead atoms. The highest BCUT2D eigenvalue weighted by atomic mass is 79.9. The van der Waals surface area contributed by atoms with E-state index in [0.717, 1.165) is 5.56 Å². The van der Waals surface area contributed by atoms with Crippen molar-refractivity contribution in [3.8, 4) is 5.75 Å². The van der Waals surface area contributed by atoms with Crippen molar-refractivity contribution in [3.05, 3.63) is 63.6 Å². The molecule has 2 aromatic carbocycles. The molecule has 5 nitrogen and oxygen atoms in total. The molecule has 0 fully saturated rings. The number of ether oxygens (including phenoxy) is 1. The van der Waals surface area contributed by atoms with Crippen molar-refractivity contribution in [3.63, 3.8) is 0 Å². The number of primary amides is 1. The number of rotatable bonds is 8. The molecule has 0 heterocycles. The zero-order chi connectivity index (χ0) is 18.2. The second kappa shape index (κ2) is 9.44. The monoisotopic (exact) mass is 424 g/mol. The highest BCUT2D eigenvalue weighted by Crippen LogP contribution is 2.28. The van der Waals surface area contributed by atoms with E-state index in [0.29, 0.717) is 21.8 Å². The molecule has 2 rings (SSSR count). The molecule has 0 radical (unpaired) electrons. The molecule has 0 saturated heterocycles. The van der Waals surface area contributed by atoms with Crippen LogP contribution >= 0.6 is 27.5 Å². The number of nitrogens with zero attached hydrogens (tertiary/aromatic N) is 1. The van der Waals surface area contributed by atoms with Gasteiger partial charge in [0.2, 0.25) is 5.91 Å². The fraction of sp³-hybridized carbons (Fsp3) is 0.222. The third kappa shape index (κ3) is 6.40. The zero-order valence-electron chi connectivity index (χ0n) is 13.5. The molecule has 0 saturated carbocycles. The van der Waals surface area contributed by atoms with Gasteiger partial charge in [-0.1, -0.05) is 41.9 Å². The number of halogens is 2. The van der Waals surface area contributed by atoms with Gasteiger partial charge in [-0.25, -0.2) is 0 Å². The van der Waals surface area contributed by atoms with Gasteiger partial charge in [0, 0.05) is 24.5 Å². The first kappa shape index (κ1) is 19.3. The summed E-state index contributed by atoms with van der Waals surface area (Å²) in [6.45, 7) is 0.484. The van der Waals surface area contributed by atoms with E-state index >= 15 is 0 Å². The molecule has 2 amide bonds. The average molecular weight is 426 g/mol. The maximum Gasteiger partial charge on any atom is 0.260 e. The lowest BCUT2D eigenvalue weighted by molar-refractivity contribution is -0.134. The molecule has 0 spiro atoms. The molecule has 0 aliphatic rings. The van der Waals surface area contributed by atoms with E-state index < -0.39 is 5.91 Å². The minimum Gasteiger partial charge on any atom is -0.483 e. The number of hydrogen-bond donors (Lipinski definition) is 1. The molecular formula is C18H18BrClN2O3. The van der Waals surface area contributed by atoms with Crippen molar-refractivity contribution >= 4 is 39.3 Å². The lowest BCUT2D eigenvalue weighted by Gasteiger charge is -2.22. The highest BCUT2D eigenvalue weighted by Gasteiger charge is 2.16. The van der Waals surface area contributed by atoms with Crippen LogP contribution in [-0.2, 0) is 16.1 Å². The molecule has 2 N–H and O–H groups in total. The minimum atomic E-state index is -0.452. The summed E-state index contributed by atoms with van der Waals surface area (Å²) in [5, 5.41) is 0.567. The average Bonchev–Trinajstić information content (AvgIpc) is 2.58. The van der Waals surface area contributed by atoms with Crippen LogP contribution in [0.4, 0.5) is 0 Å². The molecule has 0 aliphatic heterocycles. The van der Waals surface area contributed by atoms with Crippen LogP contribution in [0.2, 0.25) is 5.02 Å². The Kier molecular flexibility index (Phi) is 7.28. The Balaban J connectivity index is 2.02. The molecule has 0 unspecified atom stereocenters. The van der Waals surface area contributed by atoms with E-state index in [1.165, 1.54) is 0 Å². The standard InChI is InChI=1S/C18H18BrClN2O3/c19-15-10-14(20)6-7-16(15)25-12-18(24)22(9-8-17(21)23)11-13-4-2-1-3-5-13/h1-7,10H,8-9,11-12H2,(H2,21,23). The smallest absolute Gasteiger partial charge is 0.260 e. The normalized spacial score (nSPS) is 10.3. The highest BCUT2D eigenvalue weighted by molar-refractivity contribution is 9.10. The fourth-order valence-electron chi connectivity index (χ4n) is 2.16. The van der Waals surface area contributed by atoms with Crippen molar-refractivity contribution in [1.29, 1.82) is 0 Å². The van der Waals surface area contributed by atoms with Crippen molar-refractivity contribution in [1.82, 2.24) is 4.90 Å². The lowest BCUT2D eigenvalue weighted by Crippen LogP contribution is -2.36. The van der Waals surface area contributed by atoms with Crippen LogP contribution in [0.15, 0.2) is 53.0 Å². The topological polar surface area (TPSA) is 72.6 Å². The van der Waals surface area contributed by atoms with E-state index in [1.807, 2.05) is 30.3 Å². The van der Waals surface area contributed by atoms with E-state index in [9.17, 15) is 9.59 Å². The van der Waals surface area contributed by atoms with Crippen LogP contribution in [0, 0.1) is 0 Å². The number of carbonyl (C=O) groups is 2. The van der Waals surface area contributed by atoms with Gasteiger partial charge in [0.15, 0.2) is 6.61 Å². The van der Waals surface area contributed by atoms with Gasteiger partial charge in [-0.15, -0.1) is 0 Å².